The van der Waals surface area contributed by atoms with Crippen molar-refractivity contribution < 1.29 is 4.57 Å². The van der Waals surface area contributed by atoms with Crippen molar-refractivity contribution in [3.63, 3.8) is 0 Å². The second-order valence-corrected chi connectivity index (χ2v) is 10.6. The summed E-state index contributed by atoms with van der Waals surface area (Å²) in [5, 5.41) is 7.30. The van der Waals surface area contributed by atoms with Gasteiger partial charge in [-0.1, -0.05) is 103 Å². The highest BCUT2D eigenvalue weighted by molar-refractivity contribution is 7.76. The molecule has 1 N–H and O–H groups in total. The van der Waals surface area contributed by atoms with Gasteiger partial charge >= 0.3 is 0 Å². The van der Waals surface area contributed by atoms with Crippen molar-refractivity contribution in [2.75, 3.05) is 0 Å². The third kappa shape index (κ3) is 4.73. The van der Waals surface area contributed by atoms with Gasteiger partial charge in [0.05, 0.1) is 0 Å². The molecule has 0 spiro atoms. The van der Waals surface area contributed by atoms with Gasteiger partial charge < -0.3 is 0 Å². The molecular formula is C31H24NOP. The monoisotopic (exact) mass is 457 g/mol. The van der Waals surface area contributed by atoms with E-state index in [1.54, 1.807) is 0 Å². The lowest BCUT2D eigenvalue weighted by molar-refractivity contribution is 0.574. The van der Waals surface area contributed by atoms with Crippen LogP contribution in [0, 0.1) is 11.8 Å². The van der Waals surface area contributed by atoms with Crippen molar-refractivity contribution in [1.29, 1.82) is 0 Å². The molecule has 164 valence electrons. The zero-order valence-corrected chi connectivity index (χ0v) is 19.5. The first-order valence-corrected chi connectivity index (χ1v) is 13.0. The van der Waals surface area contributed by atoms with Crippen LogP contribution in [0.4, 0.5) is 0 Å². The molecule has 5 aromatic carbocycles. The standard InChI is InChI=1S/C31H24NOP/c33-34(29-16-6-2-7-17-29,30-18-8-3-9-19-30)32-31(23-20-25-12-4-1-5-13-25)28-22-21-26-14-10-11-15-27(26)24-28/h1-19,21-22,24,31H,(H,32,33). The molecule has 0 amide bonds. The Balaban J connectivity index is 1.64. The van der Waals surface area contributed by atoms with Gasteiger partial charge in [0.25, 0.3) is 0 Å². The van der Waals surface area contributed by atoms with E-state index in [9.17, 15) is 4.57 Å². The fraction of sp³-hybridized carbons (Fsp3) is 0.0323. The van der Waals surface area contributed by atoms with E-state index in [4.69, 9.17) is 0 Å². The predicted octanol–water partition coefficient (Wildman–Crippen LogP) is 6.45. The zero-order chi connectivity index (χ0) is 23.2. The summed E-state index contributed by atoms with van der Waals surface area (Å²) >= 11 is 0. The van der Waals surface area contributed by atoms with Gasteiger partial charge in [0.15, 0.2) is 0 Å². The summed E-state index contributed by atoms with van der Waals surface area (Å²) in [6, 6.07) is 43.3. The maximum atomic E-state index is 14.7. The third-order valence-corrected chi connectivity index (χ3v) is 8.46. The molecule has 0 saturated heterocycles. The summed E-state index contributed by atoms with van der Waals surface area (Å²) < 4.78 is 14.7. The topological polar surface area (TPSA) is 29.1 Å². The molecule has 0 radical (unpaired) electrons. The van der Waals surface area contributed by atoms with E-state index < -0.39 is 13.3 Å². The fourth-order valence-corrected chi connectivity index (χ4v) is 6.37. The highest BCUT2D eigenvalue weighted by atomic mass is 31.2. The molecule has 0 aliphatic rings. The van der Waals surface area contributed by atoms with Crippen LogP contribution < -0.4 is 15.7 Å². The fourth-order valence-electron chi connectivity index (χ4n) is 4.01. The minimum absolute atomic E-state index is 0.434. The van der Waals surface area contributed by atoms with E-state index in [0.717, 1.165) is 32.5 Å². The highest BCUT2D eigenvalue weighted by Gasteiger charge is 2.30. The highest BCUT2D eigenvalue weighted by Crippen LogP contribution is 2.42. The van der Waals surface area contributed by atoms with E-state index in [2.05, 4.69) is 47.3 Å². The first kappa shape index (κ1) is 21.9. The van der Waals surface area contributed by atoms with Gasteiger partial charge in [-0.05, 0) is 58.8 Å². The van der Waals surface area contributed by atoms with Gasteiger partial charge in [0, 0.05) is 16.2 Å². The Morgan fingerprint density at radius 2 is 1.12 bits per heavy atom. The molecule has 5 rings (SSSR count). The van der Waals surface area contributed by atoms with Gasteiger partial charge in [-0.3, -0.25) is 4.57 Å². The maximum absolute atomic E-state index is 14.7. The van der Waals surface area contributed by atoms with Gasteiger partial charge in [-0.15, -0.1) is 0 Å². The molecule has 0 fully saturated rings. The zero-order valence-electron chi connectivity index (χ0n) is 18.6. The second kappa shape index (κ2) is 9.94. The van der Waals surface area contributed by atoms with Gasteiger partial charge in [-0.25, -0.2) is 5.09 Å². The molecule has 1 unspecified atom stereocenters. The first-order valence-electron chi connectivity index (χ1n) is 11.3. The van der Waals surface area contributed by atoms with Crippen molar-refractivity contribution in [3.8, 4) is 11.8 Å². The second-order valence-electron chi connectivity index (χ2n) is 8.08. The molecule has 0 saturated carbocycles. The molecule has 0 bridgehead atoms. The summed E-state index contributed by atoms with van der Waals surface area (Å²) in [5.74, 6) is 6.66. The third-order valence-electron chi connectivity index (χ3n) is 5.79. The lowest BCUT2D eigenvalue weighted by atomic mass is 10.0. The van der Waals surface area contributed by atoms with Gasteiger partial charge in [0.1, 0.15) is 6.04 Å². The minimum Gasteiger partial charge on any atom is -0.296 e. The average Bonchev–Trinajstić information content (AvgIpc) is 2.92. The Kier molecular flexibility index (Phi) is 6.41. The quantitative estimate of drug-likeness (QED) is 0.243. The normalized spacial score (nSPS) is 12.0. The SMILES string of the molecule is O=P(NC(C#Cc1ccccc1)c1ccc2ccccc2c1)(c1ccccc1)c1ccccc1. The predicted molar refractivity (Wildman–Crippen MR) is 143 cm³/mol. The molecule has 3 heteroatoms. The molecule has 0 heterocycles. The minimum atomic E-state index is -3.18. The van der Waals surface area contributed by atoms with Crippen molar-refractivity contribution in [3.05, 3.63) is 145 Å². The number of hydrogen-bond acceptors (Lipinski definition) is 1. The molecule has 0 aromatic heterocycles. The molecule has 34 heavy (non-hydrogen) atoms. The van der Waals surface area contributed by atoms with Crippen molar-refractivity contribution in [2.45, 2.75) is 6.04 Å². The van der Waals surface area contributed by atoms with Crippen LogP contribution in [0.5, 0.6) is 0 Å². The van der Waals surface area contributed by atoms with E-state index in [0.29, 0.717) is 0 Å². The van der Waals surface area contributed by atoms with E-state index in [1.807, 2.05) is 103 Å². The number of nitrogens with one attached hydrogen (secondary N) is 1. The summed E-state index contributed by atoms with van der Waals surface area (Å²) in [6.45, 7) is 0. The van der Waals surface area contributed by atoms with E-state index in [-0.39, 0.29) is 0 Å². The van der Waals surface area contributed by atoms with Crippen LogP contribution >= 0.6 is 7.29 Å². The van der Waals surface area contributed by atoms with E-state index in [1.165, 1.54) is 0 Å². The van der Waals surface area contributed by atoms with Crippen LogP contribution in [0.25, 0.3) is 10.8 Å². The van der Waals surface area contributed by atoms with Crippen LogP contribution in [0.15, 0.2) is 133 Å². The summed E-state index contributed by atoms with van der Waals surface area (Å²) in [7, 11) is -3.18. The maximum Gasteiger partial charge on any atom is 0.205 e. The molecule has 0 aliphatic carbocycles. The lowest BCUT2D eigenvalue weighted by Crippen LogP contribution is -2.30. The molecule has 2 nitrogen and oxygen atoms in total. The van der Waals surface area contributed by atoms with Crippen molar-refractivity contribution in [2.24, 2.45) is 0 Å². The summed E-state index contributed by atoms with van der Waals surface area (Å²) in [4.78, 5) is 0. The molecule has 5 aromatic rings. The number of rotatable bonds is 5. The summed E-state index contributed by atoms with van der Waals surface area (Å²) in [6.07, 6.45) is 0. The number of fused-ring (bicyclic) bond motifs is 1. The average molecular weight is 458 g/mol. The summed E-state index contributed by atoms with van der Waals surface area (Å²) in [5.41, 5.74) is 1.90. The van der Waals surface area contributed by atoms with Gasteiger partial charge in [0.2, 0.25) is 7.29 Å². The molecule has 1 atom stereocenters. The Morgan fingerprint density at radius 3 is 1.74 bits per heavy atom. The largest absolute Gasteiger partial charge is 0.296 e. The van der Waals surface area contributed by atoms with Crippen LogP contribution in [-0.2, 0) is 4.57 Å². The molecule has 0 aliphatic heterocycles. The van der Waals surface area contributed by atoms with Gasteiger partial charge in [-0.2, -0.15) is 0 Å². The Bertz CT molecular complexity index is 1460. The number of benzene rings is 5. The first-order chi connectivity index (χ1) is 16.7. The molecular weight excluding hydrogens is 433 g/mol. The number of hydrogen-bond donors (Lipinski definition) is 1. The van der Waals surface area contributed by atoms with E-state index >= 15 is 0 Å². The van der Waals surface area contributed by atoms with Crippen LogP contribution in [0.1, 0.15) is 17.2 Å². The Labute approximate surface area is 200 Å². The smallest absolute Gasteiger partial charge is 0.205 e. The van der Waals surface area contributed by atoms with Crippen molar-refractivity contribution >= 4 is 28.7 Å². The lowest BCUT2D eigenvalue weighted by Gasteiger charge is -2.25. The van der Waals surface area contributed by atoms with Crippen LogP contribution in [-0.4, -0.2) is 0 Å². The van der Waals surface area contributed by atoms with Crippen molar-refractivity contribution in [1.82, 2.24) is 5.09 Å². The van der Waals surface area contributed by atoms with Crippen LogP contribution in [0.2, 0.25) is 0 Å². The Hall–Kier alpha value is -3.89. The van der Waals surface area contributed by atoms with Crippen LogP contribution in [0.3, 0.4) is 0 Å². The Morgan fingerprint density at radius 1 is 0.588 bits per heavy atom.